The highest BCUT2D eigenvalue weighted by molar-refractivity contribution is 5.77. The Morgan fingerprint density at radius 3 is 2.84 bits per heavy atom. The molecule has 1 saturated carbocycles. The Morgan fingerprint density at radius 1 is 1.36 bits per heavy atom. The molecule has 2 aromatic rings. The molecular formula is C19H26N2O4. The standard InChI is InChI=1S/C19H26N2O4/c1-11(2)14-8-7-12(3)10-16(14)24-18(22)13(4)21-17-15(25-19(21)23)6-5-9-20-17/h5-6,9,11-14,16H,7-8,10H2,1-4H3. The zero-order valence-electron chi connectivity index (χ0n) is 15.3. The molecule has 3 rings (SSSR count). The van der Waals surface area contributed by atoms with Crippen LogP contribution in [-0.2, 0) is 9.53 Å². The number of rotatable bonds is 4. The minimum absolute atomic E-state index is 0.0967. The van der Waals surface area contributed by atoms with E-state index in [1.54, 1.807) is 25.3 Å². The molecule has 6 nitrogen and oxygen atoms in total. The SMILES string of the molecule is CC1CCC(C(C)C)C(OC(=O)C(C)n2c(=O)oc3cccnc32)C1. The second kappa shape index (κ2) is 7.02. The van der Waals surface area contributed by atoms with Gasteiger partial charge in [-0.1, -0.05) is 27.2 Å². The van der Waals surface area contributed by atoms with Crippen molar-refractivity contribution in [3.8, 4) is 0 Å². The van der Waals surface area contributed by atoms with Crippen molar-refractivity contribution in [3.63, 3.8) is 0 Å². The van der Waals surface area contributed by atoms with Gasteiger partial charge in [-0.05, 0) is 49.7 Å². The number of carbonyl (C=O) groups excluding carboxylic acids is 1. The van der Waals surface area contributed by atoms with Gasteiger partial charge < -0.3 is 9.15 Å². The average molecular weight is 346 g/mol. The third-order valence-corrected chi connectivity index (χ3v) is 5.33. The molecule has 1 aliphatic rings. The van der Waals surface area contributed by atoms with Crippen LogP contribution in [0.4, 0.5) is 0 Å². The lowest BCUT2D eigenvalue weighted by molar-refractivity contribution is -0.159. The number of carbonyl (C=O) groups is 1. The van der Waals surface area contributed by atoms with E-state index in [4.69, 9.17) is 9.15 Å². The van der Waals surface area contributed by atoms with Crippen LogP contribution in [0.25, 0.3) is 11.2 Å². The Bertz CT molecular complexity index is 807. The highest BCUT2D eigenvalue weighted by Crippen LogP contribution is 2.36. The first-order valence-corrected chi connectivity index (χ1v) is 9.05. The first kappa shape index (κ1) is 17.7. The first-order valence-electron chi connectivity index (χ1n) is 9.05. The Hall–Kier alpha value is -2.11. The van der Waals surface area contributed by atoms with E-state index in [1.807, 2.05) is 0 Å². The molecule has 0 spiro atoms. The van der Waals surface area contributed by atoms with Crippen LogP contribution in [0.15, 0.2) is 27.5 Å². The summed E-state index contributed by atoms with van der Waals surface area (Å²) in [5.74, 6) is 0.376. The zero-order chi connectivity index (χ0) is 18.1. The number of fused-ring (bicyclic) bond motifs is 1. The second-order valence-corrected chi connectivity index (χ2v) is 7.54. The molecule has 1 aliphatic carbocycles. The van der Waals surface area contributed by atoms with Gasteiger partial charge in [0.25, 0.3) is 0 Å². The van der Waals surface area contributed by atoms with Gasteiger partial charge in [0.05, 0.1) is 0 Å². The molecule has 0 radical (unpaired) electrons. The molecule has 0 saturated heterocycles. The van der Waals surface area contributed by atoms with Crippen molar-refractivity contribution in [1.82, 2.24) is 9.55 Å². The summed E-state index contributed by atoms with van der Waals surface area (Å²) in [4.78, 5) is 29.0. The van der Waals surface area contributed by atoms with Crippen molar-refractivity contribution in [2.75, 3.05) is 0 Å². The second-order valence-electron chi connectivity index (χ2n) is 7.54. The molecule has 0 amide bonds. The van der Waals surface area contributed by atoms with E-state index >= 15 is 0 Å². The van der Waals surface area contributed by atoms with Gasteiger partial charge in [0, 0.05) is 6.20 Å². The maximum Gasteiger partial charge on any atom is 0.422 e. The van der Waals surface area contributed by atoms with Gasteiger partial charge in [-0.2, -0.15) is 0 Å². The maximum atomic E-state index is 12.7. The summed E-state index contributed by atoms with van der Waals surface area (Å²) < 4.78 is 12.3. The van der Waals surface area contributed by atoms with E-state index < -0.39 is 17.8 Å². The molecule has 0 aromatic carbocycles. The number of pyridine rings is 1. The minimum Gasteiger partial charge on any atom is -0.461 e. The van der Waals surface area contributed by atoms with Crippen LogP contribution >= 0.6 is 0 Å². The number of oxazole rings is 1. The lowest BCUT2D eigenvalue weighted by Crippen LogP contribution is -2.38. The van der Waals surface area contributed by atoms with Crippen molar-refractivity contribution >= 4 is 17.2 Å². The topological polar surface area (TPSA) is 74.3 Å². The first-order chi connectivity index (χ1) is 11.9. The molecule has 4 unspecified atom stereocenters. The molecule has 0 aliphatic heterocycles. The molecule has 136 valence electrons. The van der Waals surface area contributed by atoms with Gasteiger partial charge in [-0.3, -0.25) is 0 Å². The van der Waals surface area contributed by atoms with Crippen molar-refractivity contribution in [2.24, 2.45) is 17.8 Å². The summed E-state index contributed by atoms with van der Waals surface area (Å²) in [5, 5.41) is 0. The van der Waals surface area contributed by atoms with E-state index in [-0.39, 0.29) is 6.10 Å². The molecule has 2 heterocycles. The lowest BCUT2D eigenvalue weighted by atomic mass is 9.75. The molecule has 1 fully saturated rings. The summed E-state index contributed by atoms with van der Waals surface area (Å²) in [6.45, 7) is 8.19. The highest BCUT2D eigenvalue weighted by atomic mass is 16.5. The number of nitrogens with zero attached hydrogens (tertiary/aromatic N) is 2. The third-order valence-electron chi connectivity index (χ3n) is 5.33. The van der Waals surface area contributed by atoms with E-state index in [0.29, 0.717) is 29.0 Å². The molecule has 25 heavy (non-hydrogen) atoms. The van der Waals surface area contributed by atoms with Crippen LogP contribution < -0.4 is 5.76 Å². The van der Waals surface area contributed by atoms with Crippen LogP contribution in [0.5, 0.6) is 0 Å². The van der Waals surface area contributed by atoms with Gasteiger partial charge in [0.15, 0.2) is 11.2 Å². The van der Waals surface area contributed by atoms with Crippen LogP contribution in [0.1, 0.15) is 53.0 Å². The van der Waals surface area contributed by atoms with Gasteiger partial charge in [-0.25, -0.2) is 19.1 Å². The number of hydrogen-bond acceptors (Lipinski definition) is 5. The maximum absolute atomic E-state index is 12.7. The molecule has 2 aromatic heterocycles. The molecule has 0 bridgehead atoms. The number of hydrogen-bond donors (Lipinski definition) is 0. The smallest absolute Gasteiger partial charge is 0.422 e. The Kier molecular flexibility index (Phi) is 4.97. The van der Waals surface area contributed by atoms with Gasteiger partial charge in [-0.15, -0.1) is 0 Å². The summed E-state index contributed by atoms with van der Waals surface area (Å²) >= 11 is 0. The lowest BCUT2D eigenvalue weighted by Gasteiger charge is -2.37. The van der Waals surface area contributed by atoms with Crippen molar-refractivity contribution in [3.05, 3.63) is 28.9 Å². The van der Waals surface area contributed by atoms with Gasteiger partial charge in [0.2, 0.25) is 0 Å². The van der Waals surface area contributed by atoms with E-state index in [1.165, 1.54) is 11.0 Å². The molecule has 4 atom stereocenters. The fourth-order valence-electron chi connectivity index (χ4n) is 3.82. The van der Waals surface area contributed by atoms with E-state index in [0.717, 1.165) is 12.8 Å². The van der Waals surface area contributed by atoms with E-state index in [9.17, 15) is 9.59 Å². The Labute approximate surface area is 147 Å². The highest BCUT2D eigenvalue weighted by Gasteiger charge is 2.35. The fraction of sp³-hybridized carbons (Fsp3) is 0.632. The van der Waals surface area contributed by atoms with Crippen LogP contribution in [-0.4, -0.2) is 21.6 Å². The van der Waals surface area contributed by atoms with Gasteiger partial charge >= 0.3 is 11.7 Å². The van der Waals surface area contributed by atoms with Crippen molar-refractivity contribution < 1.29 is 13.9 Å². The quantitative estimate of drug-likeness (QED) is 0.792. The number of aromatic nitrogens is 2. The average Bonchev–Trinajstić information content (AvgIpc) is 2.89. The summed E-state index contributed by atoms with van der Waals surface area (Å²) in [6.07, 6.45) is 4.59. The normalized spacial score (nSPS) is 25.2. The summed E-state index contributed by atoms with van der Waals surface area (Å²) in [6, 6.07) is 2.58. The Balaban J connectivity index is 1.82. The third kappa shape index (κ3) is 3.48. The molecule has 6 heteroatoms. The predicted octanol–water partition coefficient (Wildman–Crippen LogP) is 3.55. The minimum atomic E-state index is -0.770. The predicted molar refractivity (Wildman–Crippen MR) is 94.2 cm³/mol. The van der Waals surface area contributed by atoms with Gasteiger partial charge in [0.1, 0.15) is 12.1 Å². The van der Waals surface area contributed by atoms with Crippen LogP contribution in [0.2, 0.25) is 0 Å². The van der Waals surface area contributed by atoms with Crippen molar-refractivity contribution in [2.45, 2.75) is 59.1 Å². The zero-order valence-corrected chi connectivity index (χ0v) is 15.3. The molecular weight excluding hydrogens is 320 g/mol. The van der Waals surface area contributed by atoms with Crippen LogP contribution in [0, 0.1) is 17.8 Å². The summed E-state index contributed by atoms with van der Waals surface area (Å²) in [5.41, 5.74) is 0.743. The fourth-order valence-corrected chi connectivity index (χ4v) is 3.82. The van der Waals surface area contributed by atoms with Crippen LogP contribution in [0.3, 0.4) is 0 Å². The monoisotopic (exact) mass is 346 g/mol. The Morgan fingerprint density at radius 2 is 2.12 bits per heavy atom. The van der Waals surface area contributed by atoms with E-state index in [2.05, 4.69) is 25.8 Å². The largest absolute Gasteiger partial charge is 0.461 e. The summed E-state index contributed by atoms with van der Waals surface area (Å²) in [7, 11) is 0. The molecule has 0 N–H and O–H groups in total. The van der Waals surface area contributed by atoms with Crippen molar-refractivity contribution in [1.29, 1.82) is 0 Å². The number of ether oxygens (including phenoxy) is 1. The number of esters is 1.